The van der Waals surface area contributed by atoms with Gasteiger partial charge in [-0.15, -0.1) is 0 Å². The average molecular weight is 519 g/mol. The van der Waals surface area contributed by atoms with E-state index in [1.165, 1.54) is 7.11 Å². The van der Waals surface area contributed by atoms with Gasteiger partial charge in [0.05, 0.1) is 30.4 Å². The van der Waals surface area contributed by atoms with Gasteiger partial charge in [-0.25, -0.2) is 4.79 Å². The molecule has 2 amide bonds. The van der Waals surface area contributed by atoms with Crippen LogP contribution in [-0.4, -0.2) is 48.3 Å². The monoisotopic (exact) mass is 516 g/mol. The Morgan fingerprint density at radius 2 is 1.48 bits per heavy atom. The summed E-state index contributed by atoms with van der Waals surface area (Å²) in [6, 6.07) is 0. The van der Waals surface area contributed by atoms with Gasteiger partial charge >= 0.3 is 5.97 Å². The van der Waals surface area contributed by atoms with Gasteiger partial charge in [0, 0.05) is 7.11 Å². The fourth-order valence-corrected chi connectivity index (χ4v) is 4.28. The standard InChI is InChI=1S/C12H11Br3N2O6/c1-23-3-5(20)17-11-8(14)6(12(21)22)7(13)10(9(11)15)16-4(19)2-18/h18H,2-3H2,1H3,(H,16,19)(H,17,20)(H,21,22). The highest BCUT2D eigenvalue weighted by Crippen LogP contribution is 2.45. The zero-order valence-corrected chi connectivity index (χ0v) is 16.3. The molecule has 0 radical (unpaired) electrons. The van der Waals surface area contributed by atoms with E-state index in [-0.39, 0.29) is 37.0 Å². The van der Waals surface area contributed by atoms with Gasteiger partial charge < -0.3 is 25.6 Å². The quantitative estimate of drug-likeness (QED) is 0.457. The molecule has 0 saturated heterocycles. The van der Waals surface area contributed by atoms with Crippen LogP contribution in [0.3, 0.4) is 0 Å². The molecule has 0 aliphatic heterocycles. The van der Waals surface area contributed by atoms with Gasteiger partial charge in [-0.05, 0) is 47.8 Å². The third-order valence-corrected chi connectivity index (χ3v) is 4.86. The highest BCUT2D eigenvalue weighted by molar-refractivity contribution is 9.12. The Bertz CT molecular complexity index is 665. The van der Waals surface area contributed by atoms with Crippen LogP contribution in [0.25, 0.3) is 0 Å². The zero-order chi connectivity index (χ0) is 17.7. The largest absolute Gasteiger partial charge is 0.478 e. The van der Waals surface area contributed by atoms with E-state index in [9.17, 15) is 19.5 Å². The molecule has 0 saturated carbocycles. The van der Waals surface area contributed by atoms with E-state index >= 15 is 0 Å². The van der Waals surface area contributed by atoms with Gasteiger partial charge in [-0.2, -0.15) is 0 Å². The van der Waals surface area contributed by atoms with Crippen molar-refractivity contribution in [2.45, 2.75) is 0 Å². The molecule has 11 heteroatoms. The molecular formula is C12H11Br3N2O6. The maximum Gasteiger partial charge on any atom is 0.338 e. The van der Waals surface area contributed by atoms with Crippen molar-refractivity contribution >= 4 is 76.9 Å². The fraction of sp³-hybridized carbons (Fsp3) is 0.250. The number of amides is 2. The summed E-state index contributed by atoms with van der Waals surface area (Å²) in [7, 11) is 1.33. The second kappa shape index (κ2) is 8.73. The number of aromatic carboxylic acids is 1. The molecule has 8 nitrogen and oxygen atoms in total. The van der Waals surface area contributed by atoms with Crippen LogP contribution in [0.15, 0.2) is 13.4 Å². The maximum atomic E-state index is 11.7. The highest BCUT2D eigenvalue weighted by Gasteiger charge is 2.26. The predicted molar refractivity (Wildman–Crippen MR) is 92.7 cm³/mol. The average Bonchev–Trinajstić information content (AvgIpc) is 2.47. The first-order chi connectivity index (χ1) is 10.7. The molecule has 1 aromatic rings. The minimum absolute atomic E-state index is 0.0531. The minimum Gasteiger partial charge on any atom is -0.478 e. The molecule has 1 aromatic carbocycles. The third kappa shape index (κ3) is 4.73. The summed E-state index contributed by atoms with van der Waals surface area (Å²) in [5, 5.41) is 23.0. The van der Waals surface area contributed by atoms with Gasteiger partial charge in [0.2, 0.25) is 11.8 Å². The molecule has 0 aliphatic rings. The van der Waals surface area contributed by atoms with Gasteiger partial charge in [-0.3, -0.25) is 9.59 Å². The molecule has 126 valence electrons. The van der Waals surface area contributed by atoms with E-state index in [1.807, 2.05) is 0 Å². The summed E-state index contributed by atoms with van der Waals surface area (Å²) in [5.41, 5.74) is -0.0626. The number of carboxylic acid groups (broad SMARTS) is 1. The molecule has 0 atom stereocenters. The number of carbonyl (C=O) groups is 3. The Morgan fingerprint density at radius 1 is 1.00 bits per heavy atom. The van der Waals surface area contributed by atoms with Gasteiger partial charge in [0.15, 0.2) is 0 Å². The number of ether oxygens (including phenoxy) is 1. The lowest BCUT2D eigenvalue weighted by Crippen LogP contribution is -2.21. The van der Waals surface area contributed by atoms with E-state index in [0.717, 1.165) is 0 Å². The summed E-state index contributed by atoms with van der Waals surface area (Å²) < 4.78 is 5.07. The van der Waals surface area contributed by atoms with Crippen molar-refractivity contribution in [2.75, 3.05) is 31.0 Å². The Morgan fingerprint density at radius 3 is 1.87 bits per heavy atom. The zero-order valence-electron chi connectivity index (χ0n) is 11.6. The lowest BCUT2D eigenvalue weighted by molar-refractivity contribution is -0.120. The Labute approximate surface area is 156 Å². The second-order valence-electron chi connectivity index (χ2n) is 4.06. The van der Waals surface area contributed by atoms with Crippen LogP contribution < -0.4 is 10.6 Å². The van der Waals surface area contributed by atoms with Crippen molar-refractivity contribution in [2.24, 2.45) is 0 Å². The molecule has 0 aliphatic carbocycles. The molecule has 0 unspecified atom stereocenters. The van der Waals surface area contributed by atoms with Crippen molar-refractivity contribution in [3.8, 4) is 0 Å². The number of methoxy groups -OCH3 is 1. The molecule has 0 aromatic heterocycles. The number of rotatable bonds is 6. The third-order valence-electron chi connectivity index (χ3n) is 2.48. The SMILES string of the molecule is COCC(=O)Nc1c(Br)c(NC(=O)CO)c(Br)c(C(=O)O)c1Br. The molecule has 0 heterocycles. The van der Waals surface area contributed by atoms with Crippen molar-refractivity contribution < 1.29 is 29.3 Å². The molecule has 0 bridgehead atoms. The number of benzene rings is 1. The Hall–Kier alpha value is -1.01. The van der Waals surface area contributed by atoms with E-state index in [0.29, 0.717) is 0 Å². The van der Waals surface area contributed by atoms with Crippen LogP contribution in [0.2, 0.25) is 0 Å². The molecule has 23 heavy (non-hydrogen) atoms. The van der Waals surface area contributed by atoms with Crippen LogP contribution in [0.1, 0.15) is 10.4 Å². The first kappa shape index (κ1) is 20.0. The van der Waals surface area contributed by atoms with Crippen LogP contribution in [0, 0.1) is 0 Å². The van der Waals surface area contributed by atoms with Crippen LogP contribution in [0.4, 0.5) is 11.4 Å². The van der Waals surface area contributed by atoms with Gasteiger partial charge in [0.1, 0.15) is 13.2 Å². The number of nitrogens with one attached hydrogen (secondary N) is 2. The minimum atomic E-state index is -1.29. The number of aliphatic hydroxyl groups is 1. The van der Waals surface area contributed by atoms with E-state index in [1.54, 1.807) is 0 Å². The highest BCUT2D eigenvalue weighted by atomic mass is 79.9. The molecule has 4 N–H and O–H groups in total. The number of hydrogen-bond acceptors (Lipinski definition) is 5. The fourth-order valence-electron chi connectivity index (χ4n) is 1.56. The number of anilines is 2. The molecular weight excluding hydrogens is 508 g/mol. The normalized spacial score (nSPS) is 10.3. The van der Waals surface area contributed by atoms with Crippen molar-refractivity contribution in [3.63, 3.8) is 0 Å². The van der Waals surface area contributed by atoms with E-state index in [2.05, 4.69) is 58.4 Å². The van der Waals surface area contributed by atoms with Crippen molar-refractivity contribution in [1.82, 2.24) is 0 Å². The lowest BCUT2D eigenvalue weighted by Gasteiger charge is -2.18. The number of carboxylic acids is 1. The summed E-state index contributed by atoms with van der Waals surface area (Å²) in [5.74, 6) is -2.57. The van der Waals surface area contributed by atoms with Gasteiger partial charge in [-0.1, -0.05) is 0 Å². The Kier molecular flexibility index (Phi) is 7.61. The number of hydrogen-bond donors (Lipinski definition) is 4. The summed E-state index contributed by atoms with van der Waals surface area (Å²) in [6.45, 7) is -1.03. The lowest BCUT2D eigenvalue weighted by atomic mass is 10.1. The topological polar surface area (TPSA) is 125 Å². The van der Waals surface area contributed by atoms with Crippen molar-refractivity contribution in [1.29, 1.82) is 0 Å². The number of halogens is 3. The first-order valence-corrected chi connectivity index (χ1v) is 8.25. The predicted octanol–water partition coefficient (Wildman–Crippen LogP) is 2.19. The van der Waals surface area contributed by atoms with Crippen LogP contribution in [-0.2, 0) is 14.3 Å². The summed E-state index contributed by atoms with van der Waals surface area (Å²) in [4.78, 5) is 34.6. The maximum absolute atomic E-state index is 11.7. The van der Waals surface area contributed by atoms with E-state index in [4.69, 9.17) is 9.84 Å². The molecule has 0 fully saturated rings. The number of aliphatic hydroxyl groups excluding tert-OH is 1. The number of carbonyl (C=O) groups excluding carboxylic acids is 2. The van der Waals surface area contributed by atoms with Crippen molar-refractivity contribution in [3.05, 3.63) is 19.0 Å². The smallest absolute Gasteiger partial charge is 0.338 e. The van der Waals surface area contributed by atoms with E-state index < -0.39 is 24.4 Å². The Balaban J connectivity index is 3.52. The summed E-state index contributed by atoms with van der Waals surface area (Å²) >= 11 is 9.42. The van der Waals surface area contributed by atoms with Gasteiger partial charge in [0.25, 0.3) is 0 Å². The second-order valence-corrected chi connectivity index (χ2v) is 6.44. The summed E-state index contributed by atoms with van der Waals surface area (Å²) in [6.07, 6.45) is 0. The van der Waals surface area contributed by atoms with Crippen LogP contribution in [0.5, 0.6) is 0 Å². The van der Waals surface area contributed by atoms with Crippen LogP contribution >= 0.6 is 47.8 Å². The molecule has 1 rings (SSSR count). The molecule has 0 spiro atoms. The first-order valence-electron chi connectivity index (χ1n) is 5.87.